The van der Waals surface area contributed by atoms with Gasteiger partial charge in [-0.3, -0.25) is 0 Å². The molecule has 1 rings (SSSR count). The van der Waals surface area contributed by atoms with Gasteiger partial charge in [0.25, 0.3) is 0 Å². The first-order valence-electron chi connectivity index (χ1n) is 8.24. The minimum absolute atomic E-state index is 0.0296. The summed E-state index contributed by atoms with van der Waals surface area (Å²) in [5, 5.41) is 8.84. The SMILES string of the molecule is C=C(C)C(=O)OCCOc1nc(OCCO)nc(OCCOC(=O)C(=C)C)n1. The number of esters is 2. The summed E-state index contributed by atoms with van der Waals surface area (Å²) in [6, 6.07) is -0.404. The van der Waals surface area contributed by atoms with Gasteiger partial charge in [0, 0.05) is 11.1 Å². The summed E-state index contributed by atoms with van der Waals surface area (Å²) in [7, 11) is 0. The quantitative estimate of drug-likeness (QED) is 0.278. The standard InChI is InChI=1S/C17H23N3O8/c1-11(2)13(22)24-7-9-27-16-18-15(26-6-5-21)19-17(20-16)28-10-8-25-14(23)12(3)4/h21H,1,3,5-10H2,2,4H3. The Balaban J connectivity index is 2.61. The van der Waals surface area contributed by atoms with Crippen molar-refractivity contribution < 1.29 is 38.4 Å². The first kappa shape index (κ1) is 22.8. The molecule has 0 spiro atoms. The average Bonchev–Trinajstić information content (AvgIpc) is 2.66. The number of aliphatic hydroxyl groups is 1. The van der Waals surface area contributed by atoms with Gasteiger partial charge in [-0.15, -0.1) is 15.0 Å². The summed E-state index contributed by atoms with van der Waals surface area (Å²) in [6.07, 6.45) is 0. The van der Waals surface area contributed by atoms with Crippen molar-refractivity contribution >= 4 is 11.9 Å². The van der Waals surface area contributed by atoms with Crippen molar-refractivity contribution in [3.05, 3.63) is 24.3 Å². The third kappa shape index (κ3) is 8.94. The normalized spacial score (nSPS) is 9.96. The Bertz CT molecular complexity index is 655. The third-order valence-electron chi connectivity index (χ3n) is 2.69. The summed E-state index contributed by atoms with van der Waals surface area (Å²) in [5.74, 6) is -1.08. The second kappa shape index (κ2) is 12.2. The molecule has 1 aromatic rings. The highest BCUT2D eigenvalue weighted by Gasteiger charge is 2.11. The van der Waals surface area contributed by atoms with E-state index >= 15 is 0 Å². The number of hydrogen-bond donors (Lipinski definition) is 1. The Morgan fingerprint density at radius 1 is 0.750 bits per heavy atom. The van der Waals surface area contributed by atoms with E-state index in [1.807, 2.05) is 0 Å². The molecule has 0 aliphatic heterocycles. The van der Waals surface area contributed by atoms with E-state index in [1.54, 1.807) is 0 Å². The zero-order valence-corrected chi connectivity index (χ0v) is 15.8. The first-order valence-corrected chi connectivity index (χ1v) is 8.24. The van der Waals surface area contributed by atoms with Crippen LogP contribution in [-0.2, 0) is 19.1 Å². The predicted molar refractivity (Wildman–Crippen MR) is 94.9 cm³/mol. The second-order valence-electron chi connectivity index (χ2n) is 5.28. The lowest BCUT2D eigenvalue weighted by molar-refractivity contribution is -0.140. The van der Waals surface area contributed by atoms with E-state index in [2.05, 4.69) is 28.1 Å². The number of carbonyl (C=O) groups excluding carboxylic acids is 2. The van der Waals surface area contributed by atoms with E-state index in [1.165, 1.54) is 13.8 Å². The van der Waals surface area contributed by atoms with Gasteiger partial charge in [0.1, 0.15) is 33.0 Å². The summed E-state index contributed by atoms with van der Waals surface area (Å²) in [4.78, 5) is 34.3. The van der Waals surface area contributed by atoms with Crippen LogP contribution in [0.2, 0.25) is 0 Å². The zero-order valence-electron chi connectivity index (χ0n) is 15.8. The molecule has 0 amide bonds. The molecule has 154 valence electrons. The van der Waals surface area contributed by atoms with Crippen LogP contribution in [0.5, 0.6) is 18.0 Å². The molecule has 1 heterocycles. The number of aromatic nitrogens is 3. The van der Waals surface area contributed by atoms with Crippen molar-refractivity contribution in [2.45, 2.75) is 13.8 Å². The molecule has 28 heavy (non-hydrogen) atoms. The van der Waals surface area contributed by atoms with E-state index in [0.717, 1.165) is 0 Å². The molecular formula is C17H23N3O8. The number of aliphatic hydroxyl groups excluding tert-OH is 1. The fraction of sp³-hybridized carbons (Fsp3) is 0.471. The molecule has 0 aliphatic rings. The highest BCUT2D eigenvalue weighted by Crippen LogP contribution is 2.14. The predicted octanol–water partition coefficient (Wildman–Crippen LogP) is 0.239. The Morgan fingerprint density at radius 3 is 1.43 bits per heavy atom. The minimum Gasteiger partial charge on any atom is -0.461 e. The molecule has 11 heteroatoms. The van der Waals surface area contributed by atoms with Crippen LogP contribution >= 0.6 is 0 Å². The zero-order chi connectivity index (χ0) is 20.9. The number of carbonyl (C=O) groups is 2. The molecular weight excluding hydrogens is 374 g/mol. The molecule has 1 N–H and O–H groups in total. The van der Waals surface area contributed by atoms with Crippen LogP contribution < -0.4 is 14.2 Å². The van der Waals surface area contributed by atoms with E-state index in [0.29, 0.717) is 0 Å². The van der Waals surface area contributed by atoms with Gasteiger partial charge >= 0.3 is 30.0 Å². The van der Waals surface area contributed by atoms with Crippen LogP contribution in [0.15, 0.2) is 24.3 Å². The lowest BCUT2D eigenvalue weighted by Gasteiger charge is -2.10. The van der Waals surface area contributed by atoms with Crippen LogP contribution in [0.3, 0.4) is 0 Å². The van der Waals surface area contributed by atoms with Gasteiger partial charge in [0.05, 0.1) is 6.61 Å². The smallest absolute Gasteiger partial charge is 0.333 e. The molecule has 0 radical (unpaired) electrons. The molecule has 0 aromatic carbocycles. The Labute approximate surface area is 162 Å². The van der Waals surface area contributed by atoms with Crippen molar-refractivity contribution in [1.82, 2.24) is 15.0 Å². The monoisotopic (exact) mass is 397 g/mol. The number of ether oxygens (including phenoxy) is 5. The van der Waals surface area contributed by atoms with Gasteiger partial charge in [0.2, 0.25) is 0 Å². The largest absolute Gasteiger partial charge is 0.461 e. The van der Waals surface area contributed by atoms with Crippen LogP contribution in [-0.4, -0.2) is 71.6 Å². The van der Waals surface area contributed by atoms with Gasteiger partial charge in [-0.05, 0) is 13.8 Å². The molecule has 0 saturated carbocycles. The summed E-state index contributed by atoms with van der Waals surface area (Å²) in [6.45, 7) is 9.53. The molecule has 0 unspecified atom stereocenters. The van der Waals surface area contributed by atoms with E-state index in [9.17, 15) is 9.59 Å². The van der Waals surface area contributed by atoms with Gasteiger partial charge in [0.15, 0.2) is 0 Å². The van der Waals surface area contributed by atoms with Crippen LogP contribution in [0.4, 0.5) is 0 Å². The molecule has 0 saturated heterocycles. The van der Waals surface area contributed by atoms with E-state index in [-0.39, 0.29) is 68.8 Å². The first-order chi connectivity index (χ1) is 13.3. The highest BCUT2D eigenvalue weighted by molar-refractivity contribution is 5.87. The van der Waals surface area contributed by atoms with Crippen LogP contribution in [0.25, 0.3) is 0 Å². The fourth-order valence-electron chi connectivity index (χ4n) is 1.43. The number of rotatable bonds is 13. The maximum atomic E-state index is 11.3. The average molecular weight is 397 g/mol. The van der Waals surface area contributed by atoms with E-state index < -0.39 is 11.9 Å². The minimum atomic E-state index is -0.542. The molecule has 11 nitrogen and oxygen atoms in total. The Hall–Kier alpha value is -3.21. The third-order valence-corrected chi connectivity index (χ3v) is 2.69. The molecule has 0 aliphatic carbocycles. The molecule has 0 bridgehead atoms. The maximum Gasteiger partial charge on any atom is 0.333 e. The summed E-state index contributed by atoms with van der Waals surface area (Å²) < 4.78 is 25.5. The van der Waals surface area contributed by atoms with Gasteiger partial charge < -0.3 is 28.8 Å². The van der Waals surface area contributed by atoms with Crippen molar-refractivity contribution in [1.29, 1.82) is 0 Å². The molecule has 0 atom stereocenters. The second-order valence-corrected chi connectivity index (χ2v) is 5.28. The highest BCUT2D eigenvalue weighted by atomic mass is 16.6. The van der Waals surface area contributed by atoms with Crippen molar-refractivity contribution in [2.24, 2.45) is 0 Å². The molecule has 1 aromatic heterocycles. The Morgan fingerprint density at radius 2 is 1.11 bits per heavy atom. The van der Waals surface area contributed by atoms with E-state index in [4.69, 9.17) is 28.8 Å². The number of hydrogen-bond acceptors (Lipinski definition) is 11. The van der Waals surface area contributed by atoms with Gasteiger partial charge in [-0.2, -0.15) is 0 Å². The van der Waals surface area contributed by atoms with Crippen molar-refractivity contribution in [3.8, 4) is 18.0 Å². The lowest BCUT2D eigenvalue weighted by atomic mass is 10.4. The lowest BCUT2D eigenvalue weighted by Crippen LogP contribution is -2.16. The molecule has 0 fully saturated rings. The topological polar surface area (TPSA) is 139 Å². The maximum absolute atomic E-state index is 11.3. The number of nitrogens with zero attached hydrogens (tertiary/aromatic N) is 3. The fourth-order valence-corrected chi connectivity index (χ4v) is 1.43. The Kier molecular flexibility index (Phi) is 9.97. The van der Waals surface area contributed by atoms with Crippen molar-refractivity contribution in [2.75, 3.05) is 39.6 Å². The van der Waals surface area contributed by atoms with Gasteiger partial charge in [-0.25, -0.2) is 9.59 Å². The van der Waals surface area contributed by atoms with Crippen LogP contribution in [0, 0.1) is 0 Å². The summed E-state index contributed by atoms with van der Waals surface area (Å²) >= 11 is 0. The van der Waals surface area contributed by atoms with Gasteiger partial charge in [-0.1, -0.05) is 13.2 Å². The van der Waals surface area contributed by atoms with Crippen molar-refractivity contribution in [3.63, 3.8) is 0 Å². The summed E-state index contributed by atoms with van der Waals surface area (Å²) in [5.41, 5.74) is 0.533. The van der Waals surface area contributed by atoms with Crippen LogP contribution in [0.1, 0.15) is 13.8 Å².